The van der Waals surface area contributed by atoms with Crippen LogP contribution in [0.2, 0.25) is 0 Å². The van der Waals surface area contributed by atoms with Gasteiger partial charge in [-0.05, 0) is 40.9 Å². The van der Waals surface area contributed by atoms with E-state index in [4.69, 9.17) is 18.0 Å². The summed E-state index contributed by atoms with van der Waals surface area (Å²) in [6.45, 7) is 0. The fraction of sp³-hybridized carbons (Fsp3) is 0.500. The molecule has 1 aliphatic carbocycles. The first-order valence-electron chi connectivity index (χ1n) is 5.91. The van der Waals surface area contributed by atoms with Crippen LogP contribution < -0.4 is 11.1 Å². The van der Waals surface area contributed by atoms with Gasteiger partial charge in [0.25, 0.3) is 5.91 Å². The van der Waals surface area contributed by atoms with Gasteiger partial charge >= 0.3 is 0 Å². The van der Waals surface area contributed by atoms with Crippen LogP contribution >= 0.6 is 39.5 Å². The largest absolute Gasteiger partial charge is 0.391 e. The summed E-state index contributed by atoms with van der Waals surface area (Å²) in [5, 5.41) is 3.05. The molecule has 0 aliphatic heterocycles. The molecule has 1 heterocycles. The summed E-state index contributed by atoms with van der Waals surface area (Å²) in [7, 11) is 0. The molecule has 0 radical (unpaired) electrons. The number of hydrogen-bond acceptors (Lipinski definition) is 3. The van der Waals surface area contributed by atoms with Gasteiger partial charge < -0.3 is 11.1 Å². The van der Waals surface area contributed by atoms with E-state index in [0.29, 0.717) is 9.87 Å². The summed E-state index contributed by atoms with van der Waals surface area (Å²) in [5.74, 6) is -0.0830. The number of thiocarbonyl (C=S) groups is 1. The molecule has 1 saturated carbocycles. The van der Waals surface area contributed by atoms with Crippen LogP contribution in [0.15, 0.2) is 15.9 Å². The van der Waals surface area contributed by atoms with Crippen molar-refractivity contribution in [3.8, 4) is 0 Å². The third-order valence-corrected chi connectivity index (χ3v) is 5.34. The minimum Gasteiger partial charge on any atom is -0.391 e. The Kier molecular flexibility index (Phi) is 4.40. The highest BCUT2D eigenvalue weighted by Gasteiger charge is 2.36. The predicted molar refractivity (Wildman–Crippen MR) is 82.1 cm³/mol. The molecule has 1 aromatic heterocycles. The molecule has 1 aromatic rings. The number of carbonyl (C=O) groups excluding carboxylic acids is 1. The molecule has 0 atom stereocenters. The Bertz CT molecular complexity index is 466. The lowest BCUT2D eigenvalue weighted by molar-refractivity contribution is 0.0912. The van der Waals surface area contributed by atoms with Crippen molar-refractivity contribution in [2.45, 2.75) is 37.6 Å². The molecule has 0 saturated heterocycles. The van der Waals surface area contributed by atoms with Gasteiger partial charge in [-0.25, -0.2) is 0 Å². The van der Waals surface area contributed by atoms with Crippen molar-refractivity contribution < 1.29 is 4.79 Å². The van der Waals surface area contributed by atoms with Crippen molar-refractivity contribution in [2.24, 2.45) is 5.73 Å². The van der Waals surface area contributed by atoms with Gasteiger partial charge in [0.1, 0.15) is 0 Å². The normalized spacial score (nSPS) is 18.3. The minimum absolute atomic E-state index is 0.0830. The quantitative estimate of drug-likeness (QED) is 0.826. The Morgan fingerprint density at radius 1 is 1.39 bits per heavy atom. The van der Waals surface area contributed by atoms with Gasteiger partial charge in [-0.15, -0.1) is 11.3 Å². The lowest BCUT2D eigenvalue weighted by Gasteiger charge is -2.37. The lowest BCUT2D eigenvalue weighted by atomic mass is 9.81. The van der Waals surface area contributed by atoms with Gasteiger partial charge in [0, 0.05) is 0 Å². The van der Waals surface area contributed by atoms with Gasteiger partial charge in [0.2, 0.25) is 0 Å². The standard InChI is InChI=1S/C12H15BrN2OS2/c13-9-5-4-8(18-9)10(16)15-12(11(14)17)6-2-1-3-7-12/h4-5H,1-3,6-7H2,(H2,14,17)(H,15,16). The van der Waals surface area contributed by atoms with E-state index in [9.17, 15) is 4.79 Å². The predicted octanol–water partition coefficient (Wildman–Crippen LogP) is 3.23. The maximum atomic E-state index is 12.2. The van der Waals surface area contributed by atoms with E-state index in [0.717, 1.165) is 29.5 Å². The first kappa shape index (κ1) is 14.0. The van der Waals surface area contributed by atoms with Crippen molar-refractivity contribution in [3.63, 3.8) is 0 Å². The summed E-state index contributed by atoms with van der Waals surface area (Å²) >= 11 is 9.93. The second-order valence-electron chi connectivity index (χ2n) is 4.56. The zero-order valence-corrected chi connectivity index (χ0v) is 13.1. The first-order valence-corrected chi connectivity index (χ1v) is 7.93. The van der Waals surface area contributed by atoms with Crippen LogP contribution in [0.1, 0.15) is 41.8 Å². The van der Waals surface area contributed by atoms with Gasteiger partial charge in [-0.3, -0.25) is 4.79 Å². The maximum absolute atomic E-state index is 12.2. The molecule has 1 fully saturated rings. The number of carbonyl (C=O) groups is 1. The summed E-state index contributed by atoms with van der Waals surface area (Å²) < 4.78 is 0.945. The van der Waals surface area contributed by atoms with Gasteiger partial charge in [0.15, 0.2) is 0 Å². The molecule has 0 unspecified atom stereocenters. The lowest BCUT2D eigenvalue weighted by Crippen LogP contribution is -2.57. The van der Waals surface area contributed by atoms with Crippen LogP contribution in [0.3, 0.4) is 0 Å². The molecule has 6 heteroatoms. The van der Waals surface area contributed by atoms with E-state index < -0.39 is 5.54 Å². The molecule has 0 spiro atoms. The van der Waals surface area contributed by atoms with Crippen LogP contribution in [0.5, 0.6) is 0 Å². The maximum Gasteiger partial charge on any atom is 0.262 e. The van der Waals surface area contributed by atoms with Gasteiger partial charge in [-0.2, -0.15) is 0 Å². The summed E-state index contributed by atoms with van der Waals surface area (Å²) in [5.41, 5.74) is 5.36. The fourth-order valence-electron chi connectivity index (χ4n) is 2.30. The van der Waals surface area contributed by atoms with Crippen molar-refractivity contribution in [3.05, 3.63) is 20.8 Å². The highest BCUT2D eigenvalue weighted by atomic mass is 79.9. The van der Waals surface area contributed by atoms with Gasteiger partial charge in [-0.1, -0.05) is 31.5 Å². The number of nitrogens with two attached hydrogens (primary N) is 1. The molecule has 0 aromatic carbocycles. The van der Waals surface area contributed by atoms with E-state index in [1.165, 1.54) is 17.8 Å². The number of rotatable bonds is 3. The van der Waals surface area contributed by atoms with Crippen LogP contribution in [0, 0.1) is 0 Å². The third kappa shape index (κ3) is 2.92. The number of hydrogen-bond donors (Lipinski definition) is 2. The SMILES string of the molecule is NC(=S)C1(NC(=O)c2ccc(Br)s2)CCCCC1. The average Bonchev–Trinajstić information content (AvgIpc) is 2.77. The molecule has 2 rings (SSSR count). The van der Waals surface area contributed by atoms with E-state index in [2.05, 4.69) is 21.2 Å². The highest BCUT2D eigenvalue weighted by Crippen LogP contribution is 2.30. The smallest absolute Gasteiger partial charge is 0.262 e. The van der Waals surface area contributed by atoms with E-state index in [1.54, 1.807) is 6.07 Å². The molecular formula is C12H15BrN2OS2. The van der Waals surface area contributed by atoms with Crippen LogP contribution in [-0.4, -0.2) is 16.4 Å². The summed E-state index contributed by atoms with van der Waals surface area (Å²) in [6, 6.07) is 3.67. The summed E-state index contributed by atoms with van der Waals surface area (Å²) in [4.78, 5) is 13.3. The Labute approximate surface area is 124 Å². The third-order valence-electron chi connectivity index (χ3n) is 3.33. The number of thiophene rings is 1. The van der Waals surface area contributed by atoms with E-state index in [-0.39, 0.29) is 5.91 Å². The Hall–Kier alpha value is -0.460. The second-order valence-corrected chi connectivity index (χ2v) is 7.47. The van der Waals surface area contributed by atoms with Crippen molar-refractivity contribution in [1.82, 2.24) is 5.32 Å². The molecule has 3 nitrogen and oxygen atoms in total. The Morgan fingerprint density at radius 2 is 2.06 bits per heavy atom. The first-order chi connectivity index (χ1) is 8.53. The van der Waals surface area contributed by atoms with E-state index >= 15 is 0 Å². The fourth-order valence-corrected chi connectivity index (χ4v) is 3.84. The van der Waals surface area contributed by atoms with Crippen LogP contribution in [-0.2, 0) is 0 Å². The highest BCUT2D eigenvalue weighted by molar-refractivity contribution is 9.11. The molecule has 0 bridgehead atoms. The summed E-state index contributed by atoms with van der Waals surface area (Å²) in [6.07, 6.45) is 5.00. The topological polar surface area (TPSA) is 55.1 Å². The molecule has 98 valence electrons. The Morgan fingerprint density at radius 3 is 2.56 bits per heavy atom. The zero-order valence-electron chi connectivity index (χ0n) is 9.87. The molecule has 3 N–H and O–H groups in total. The minimum atomic E-state index is -0.485. The van der Waals surface area contributed by atoms with E-state index in [1.807, 2.05) is 6.07 Å². The number of amides is 1. The molecule has 1 amide bonds. The number of halogens is 1. The number of nitrogens with one attached hydrogen (secondary N) is 1. The van der Waals surface area contributed by atoms with Crippen molar-refractivity contribution >= 4 is 50.4 Å². The zero-order chi connectivity index (χ0) is 13.2. The van der Waals surface area contributed by atoms with Crippen LogP contribution in [0.4, 0.5) is 0 Å². The molecular weight excluding hydrogens is 332 g/mol. The molecule has 18 heavy (non-hydrogen) atoms. The second kappa shape index (κ2) is 5.67. The Balaban J connectivity index is 2.14. The van der Waals surface area contributed by atoms with Crippen LogP contribution in [0.25, 0.3) is 0 Å². The van der Waals surface area contributed by atoms with Crippen molar-refractivity contribution in [1.29, 1.82) is 0 Å². The average molecular weight is 347 g/mol. The van der Waals surface area contributed by atoms with Crippen molar-refractivity contribution in [2.75, 3.05) is 0 Å². The monoisotopic (exact) mass is 346 g/mol. The van der Waals surface area contributed by atoms with Gasteiger partial charge in [0.05, 0.1) is 19.2 Å². The molecule has 1 aliphatic rings.